The van der Waals surface area contributed by atoms with Crippen LogP contribution in [0.2, 0.25) is 10.0 Å². The maximum Gasteiger partial charge on any atom is 0.0991 e. The minimum absolute atomic E-state index is 0.592. The lowest BCUT2D eigenvalue weighted by Crippen LogP contribution is -2.00. The fourth-order valence-electron chi connectivity index (χ4n) is 1.73. The number of rotatable bonds is 3. The number of anilines is 1. The van der Waals surface area contributed by atoms with Crippen molar-refractivity contribution in [3.63, 3.8) is 0 Å². The molecule has 0 aliphatic carbocycles. The van der Waals surface area contributed by atoms with Crippen LogP contribution in [0.15, 0.2) is 36.4 Å². The highest BCUT2D eigenvalue weighted by atomic mass is 35.5. The van der Waals surface area contributed by atoms with Crippen LogP contribution in [0.25, 0.3) is 0 Å². The molecule has 2 aromatic rings. The molecule has 0 amide bonds. The molecule has 0 heterocycles. The first kappa shape index (κ1) is 13.7. The molecule has 0 aliphatic rings. The number of hydrogen-bond donors (Lipinski definition) is 1. The average Bonchev–Trinajstić information content (AvgIpc) is 2.41. The van der Waals surface area contributed by atoms with Crippen molar-refractivity contribution in [1.29, 1.82) is 5.26 Å². The Hall–Kier alpha value is -1.69. The van der Waals surface area contributed by atoms with Crippen molar-refractivity contribution in [2.45, 2.75) is 13.5 Å². The predicted molar refractivity (Wildman–Crippen MR) is 79.7 cm³/mol. The third-order valence-electron chi connectivity index (χ3n) is 2.79. The SMILES string of the molecule is Cc1cc(Cl)c(NCc2cccc(C#N)c2)cc1Cl. The minimum Gasteiger partial charge on any atom is -0.380 e. The van der Waals surface area contributed by atoms with Crippen molar-refractivity contribution in [3.05, 3.63) is 63.1 Å². The number of hydrogen-bond acceptors (Lipinski definition) is 2. The topological polar surface area (TPSA) is 35.8 Å². The van der Waals surface area contributed by atoms with Gasteiger partial charge in [-0.2, -0.15) is 5.26 Å². The van der Waals surface area contributed by atoms with Crippen LogP contribution in [0.1, 0.15) is 16.7 Å². The van der Waals surface area contributed by atoms with E-state index in [0.717, 1.165) is 16.8 Å². The van der Waals surface area contributed by atoms with Gasteiger partial charge in [0, 0.05) is 11.6 Å². The Labute approximate surface area is 122 Å². The first-order chi connectivity index (χ1) is 9.10. The third kappa shape index (κ3) is 3.41. The number of halogens is 2. The van der Waals surface area contributed by atoms with Gasteiger partial charge in [-0.25, -0.2) is 0 Å². The zero-order valence-corrected chi connectivity index (χ0v) is 11.9. The van der Waals surface area contributed by atoms with Gasteiger partial charge in [-0.1, -0.05) is 35.3 Å². The molecule has 1 N–H and O–H groups in total. The Balaban J connectivity index is 2.14. The van der Waals surface area contributed by atoms with Gasteiger partial charge < -0.3 is 5.32 Å². The van der Waals surface area contributed by atoms with Crippen molar-refractivity contribution in [2.24, 2.45) is 0 Å². The maximum atomic E-state index is 8.85. The van der Waals surface area contributed by atoms with E-state index in [0.29, 0.717) is 22.2 Å². The third-order valence-corrected chi connectivity index (χ3v) is 3.51. The Kier molecular flexibility index (Phi) is 4.31. The van der Waals surface area contributed by atoms with Crippen LogP contribution >= 0.6 is 23.2 Å². The second-order valence-corrected chi connectivity index (χ2v) is 5.06. The fourth-order valence-corrected chi connectivity index (χ4v) is 2.18. The molecule has 0 aromatic heterocycles. The van der Waals surface area contributed by atoms with E-state index < -0.39 is 0 Å². The lowest BCUT2D eigenvalue weighted by Gasteiger charge is -2.10. The first-order valence-corrected chi connectivity index (χ1v) is 6.54. The van der Waals surface area contributed by atoms with E-state index in [2.05, 4.69) is 11.4 Å². The van der Waals surface area contributed by atoms with Gasteiger partial charge in [0.05, 0.1) is 22.3 Å². The van der Waals surface area contributed by atoms with Gasteiger partial charge in [-0.3, -0.25) is 0 Å². The van der Waals surface area contributed by atoms with Crippen LogP contribution in [-0.4, -0.2) is 0 Å². The highest BCUT2D eigenvalue weighted by molar-refractivity contribution is 6.35. The molecule has 2 aromatic carbocycles. The van der Waals surface area contributed by atoms with Gasteiger partial charge >= 0.3 is 0 Å². The van der Waals surface area contributed by atoms with Crippen molar-refractivity contribution >= 4 is 28.9 Å². The van der Waals surface area contributed by atoms with E-state index >= 15 is 0 Å². The Morgan fingerprint density at radius 2 is 1.95 bits per heavy atom. The van der Waals surface area contributed by atoms with Crippen LogP contribution in [0, 0.1) is 18.3 Å². The number of aryl methyl sites for hydroxylation is 1. The highest BCUT2D eigenvalue weighted by Crippen LogP contribution is 2.29. The summed E-state index contributed by atoms with van der Waals surface area (Å²) >= 11 is 12.2. The summed E-state index contributed by atoms with van der Waals surface area (Å²) in [5, 5.41) is 13.4. The number of nitriles is 1. The Morgan fingerprint density at radius 3 is 2.68 bits per heavy atom. The van der Waals surface area contributed by atoms with Crippen LogP contribution in [0.3, 0.4) is 0 Å². The normalized spacial score (nSPS) is 10.0. The van der Waals surface area contributed by atoms with Gasteiger partial charge in [0.25, 0.3) is 0 Å². The summed E-state index contributed by atoms with van der Waals surface area (Å²) in [5.41, 5.74) is 3.41. The minimum atomic E-state index is 0.592. The first-order valence-electron chi connectivity index (χ1n) is 5.78. The summed E-state index contributed by atoms with van der Waals surface area (Å²) in [4.78, 5) is 0. The van der Waals surface area contributed by atoms with Crippen molar-refractivity contribution in [1.82, 2.24) is 0 Å². The summed E-state index contributed by atoms with van der Waals surface area (Å²) in [5.74, 6) is 0. The van der Waals surface area contributed by atoms with Gasteiger partial charge in [0.2, 0.25) is 0 Å². The quantitative estimate of drug-likeness (QED) is 0.882. The fraction of sp³-hybridized carbons (Fsp3) is 0.133. The summed E-state index contributed by atoms with van der Waals surface area (Å²) in [7, 11) is 0. The summed E-state index contributed by atoms with van der Waals surface area (Å²) in [6.45, 7) is 2.50. The van der Waals surface area contributed by atoms with E-state index in [1.54, 1.807) is 6.07 Å². The average molecular weight is 291 g/mol. The maximum absolute atomic E-state index is 8.85. The molecule has 0 aliphatic heterocycles. The Bertz CT molecular complexity index is 645. The molecule has 0 radical (unpaired) electrons. The predicted octanol–water partition coefficient (Wildman–Crippen LogP) is 4.79. The van der Waals surface area contributed by atoms with E-state index in [1.807, 2.05) is 37.3 Å². The van der Waals surface area contributed by atoms with Gasteiger partial charge in [0.1, 0.15) is 0 Å². The molecule has 0 bridgehead atoms. The van der Waals surface area contributed by atoms with Crippen molar-refractivity contribution < 1.29 is 0 Å². The molecule has 0 saturated heterocycles. The van der Waals surface area contributed by atoms with Gasteiger partial charge in [-0.15, -0.1) is 0 Å². The lowest BCUT2D eigenvalue weighted by atomic mass is 10.1. The standard InChI is InChI=1S/C15H12Cl2N2/c1-10-5-14(17)15(7-13(10)16)19-9-12-4-2-3-11(6-12)8-18/h2-7,19H,9H2,1H3. The molecular weight excluding hydrogens is 279 g/mol. The van der Waals surface area contributed by atoms with Crippen molar-refractivity contribution in [2.75, 3.05) is 5.32 Å². The Morgan fingerprint density at radius 1 is 1.16 bits per heavy atom. The second kappa shape index (κ2) is 5.97. The molecule has 0 atom stereocenters. The molecule has 0 unspecified atom stereocenters. The molecule has 19 heavy (non-hydrogen) atoms. The second-order valence-electron chi connectivity index (χ2n) is 4.25. The lowest BCUT2D eigenvalue weighted by molar-refractivity contribution is 1.14. The molecule has 96 valence electrons. The van der Waals surface area contributed by atoms with E-state index in [4.69, 9.17) is 28.5 Å². The molecule has 2 nitrogen and oxygen atoms in total. The molecule has 4 heteroatoms. The summed E-state index contributed by atoms with van der Waals surface area (Å²) in [6.07, 6.45) is 0. The zero-order valence-electron chi connectivity index (χ0n) is 10.4. The molecule has 0 spiro atoms. The molecule has 2 rings (SSSR count). The largest absolute Gasteiger partial charge is 0.380 e. The highest BCUT2D eigenvalue weighted by Gasteiger charge is 2.04. The number of benzene rings is 2. The van der Waals surface area contributed by atoms with Crippen LogP contribution in [-0.2, 0) is 6.54 Å². The van der Waals surface area contributed by atoms with Crippen LogP contribution in [0.5, 0.6) is 0 Å². The van der Waals surface area contributed by atoms with Gasteiger partial charge in [-0.05, 0) is 42.3 Å². The van der Waals surface area contributed by atoms with Crippen LogP contribution < -0.4 is 5.32 Å². The number of nitrogens with one attached hydrogen (secondary N) is 1. The van der Waals surface area contributed by atoms with E-state index in [1.165, 1.54) is 0 Å². The molecular formula is C15H12Cl2N2. The number of nitrogens with zero attached hydrogens (tertiary/aromatic N) is 1. The molecule has 0 saturated carbocycles. The summed E-state index contributed by atoms with van der Waals surface area (Å²) in [6, 6.07) is 13.2. The van der Waals surface area contributed by atoms with Gasteiger partial charge in [0.15, 0.2) is 0 Å². The molecule has 0 fully saturated rings. The van der Waals surface area contributed by atoms with E-state index in [9.17, 15) is 0 Å². The van der Waals surface area contributed by atoms with E-state index in [-0.39, 0.29) is 0 Å². The summed E-state index contributed by atoms with van der Waals surface area (Å²) < 4.78 is 0. The zero-order chi connectivity index (χ0) is 13.8. The van der Waals surface area contributed by atoms with Crippen molar-refractivity contribution in [3.8, 4) is 6.07 Å². The monoisotopic (exact) mass is 290 g/mol. The van der Waals surface area contributed by atoms with Crippen LogP contribution in [0.4, 0.5) is 5.69 Å². The smallest absolute Gasteiger partial charge is 0.0991 e.